The lowest BCUT2D eigenvalue weighted by Gasteiger charge is -2.39. The molecule has 1 aromatic heterocycles. The Morgan fingerprint density at radius 1 is 1.25 bits per heavy atom. The van der Waals surface area contributed by atoms with E-state index >= 15 is 0 Å². The van der Waals surface area contributed by atoms with Crippen molar-refractivity contribution in [2.75, 3.05) is 25.1 Å². The average molecular weight is 328 g/mol. The molecule has 2 heterocycles. The molecule has 126 valence electrons. The van der Waals surface area contributed by atoms with E-state index < -0.39 is 0 Å². The summed E-state index contributed by atoms with van der Waals surface area (Å²) in [5.41, 5.74) is 1.16. The van der Waals surface area contributed by atoms with Crippen LogP contribution in [0.4, 0.5) is 5.69 Å². The lowest BCUT2D eigenvalue weighted by molar-refractivity contribution is -0.121. The monoisotopic (exact) mass is 328 g/mol. The Morgan fingerprint density at radius 3 is 2.54 bits per heavy atom. The number of anilines is 1. The van der Waals surface area contributed by atoms with E-state index in [9.17, 15) is 9.59 Å². The lowest BCUT2D eigenvalue weighted by Crippen LogP contribution is -2.57. The van der Waals surface area contributed by atoms with Gasteiger partial charge in [0.25, 0.3) is 5.91 Å². The second-order valence-electron chi connectivity index (χ2n) is 5.86. The predicted molar refractivity (Wildman–Crippen MR) is 89.1 cm³/mol. The fourth-order valence-corrected chi connectivity index (χ4v) is 2.81. The first-order valence-corrected chi connectivity index (χ1v) is 7.74. The first-order chi connectivity index (χ1) is 11.5. The molecule has 2 amide bonds. The van der Waals surface area contributed by atoms with Gasteiger partial charge < -0.3 is 14.5 Å². The van der Waals surface area contributed by atoms with Crippen molar-refractivity contribution in [3.8, 4) is 5.75 Å². The van der Waals surface area contributed by atoms with Crippen LogP contribution < -0.4 is 9.64 Å². The van der Waals surface area contributed by atoms with Crippen molar-refractivity contribution in [2.24, 2.45) is 7.05 Å². The molecule has 1 aliphatic heterocycles. The van der Waals surface area contributed by atoms with Gasteiger partial charge in [0.05, 0.1) is 7.11 Å². The molecule has 1 atom stereocenters. The van der Waals surface area contributed by atoms with Gasteiger partial charge in [-0.25, -0.2) is 0 Å². The molecule has 1 aliphatic rings. The third-order valence-corrected chi connectivity index (χ3v) is 4.16. The Morgan fingerprint density at radius 2 is 1.96 bits per heavy atom. The second-order valence-corrected chi connectivity index (χ2v) is 5.86. The molecule has 0 saturated carbocycles. The van der Waals surface area contributed by atoms with E-state index in [1.165, 1.54) is 0 Å². The second kappa shape index (κ2) is 6.35. The van der Waals surface area contributed by atoms with Crippen LogP contribution in [0, 0.1) is 0 Å². The molecule has 2 aromatic rings. The normalized spacial score (nSPS) is 18.0. The van der Waals surface area contributed by atoms with Crippen LogP contribution >= 0.6 is 0 Å². The van der Waals surface area contributed by atoms with Crippen molar-refractivity contribution in [3.63, 3.8) is 0 Å². The SMILES string of the molecule is COc1ccc(N2C[C@H](C)N(C(=O)c3ccn(C)n3)CC2=O)cc1. The van der Waals surface area contributed by atoms with Crippen LogP contribution in [0.15, 0.2) is 36.5 Å². The van der Waals surface area contributed by atoms with Gasteiger partial charge >= 0.3 is 0 Å². The zero-order valence-electron chi connectivity index (χ0n) is 14.0. The van der Waals surface area contributed by atoms with E-state index in [0.717, 1.165) is 11.4 Å². The summed E-state index contributed by atoms with van der Waals surface area (Å²) in [6.45, 7) is 2.43. The predicted octanol–water partition coefficient (Wildman–Crippen LogP) is 1.31. The summed E-state index contributed by atoms with van der Waals surface area (Å²) in [4.78, 5) is 28.4. The fourth-order valence-electron chi connectivity index (χ4n) is 2.81. The van der Waals surface area contributed by atoms with E-state index in [0.29, 0.717) is 12.2 Å². The van der Waals surface area contributed by atoms with Crippen molar-refractivity contribution in [2.45, 2.75) is 13.0 Å². The quantitative estimate of drug-likeness (QED) is 0.852. The van der Waals surface area contributed by atoms with Crippen molar-refractivity contribution >= 4 is 17.5 Å². The molecule has 0 spiro atoms. The maximum absolute atomic E-state index is 12.6. The fraction of sp³-hybridized carbons (Fsp3) is 0.353. The lowest BCUT2D eigenvalue weighted by atomic mass is 10.1. The summed E-state index contributed by atoms with van der Waals surface area (Å²) < 4.78 is 6.72. The van der Waals surface area contributed by atoms with Gasteiger partial charge in [-0.15, -0.1) is 0 Å². The highest BCUT2D eigenvalue weighted by Crippen LogP contribution is 2.23. The number of rotatable bonds is 3. The number of carbonyl (C=O) groups excluding carboxylic acids is 2. The maximum atomic E-state index is 12.6. The van der Waals surface area contributed by atoms with E-state index in [1.54, 1.807) is 40.9 Å². The maximum Gasteiger partial charge on any atom is 0.275 e. The molecular formula is C17H20N4O3. The zero-order chi connectivity index (χ0) is 17.3. The minimum absolute atomic E-state index is 0.0442. The van der Waals surface area contributed by atoms with Crippen LogP contribution in [0.25, 0.3) is 0 Å². The number of methoxy groups -OCH3 is 1. The smallest absolute Gasteiger partial charge is 0.275 e. The number of aromatic nitrogens is 2. The summed E-state index contributed by atoms with van der Waals surface area (Å²) in [5, 5.41) is 4.13. The highest BCUT2D eigenvalue weighted by molar-refractivity contribution is 6.01. The van der Waals surface area contributed by atoms with Gasteiger partial charge in [-0.1, -0.05) is 0 Å². The molecule has 0 aliphatic carbocycles. The first-order valence-electron chi connectivity index (χ1n) is 7.74. The number of hydrogen-bond acceptors (Lipinski definition) is 4. The van der Waals surface area contributed by atoms with Gasteiger partial charge in [0.1, 0.15) is 18.0 Å². The van der Waals surface area contributed by atoms with E-state index in [-0.39, 0.29) is 24.4 Å². The minimum Gasteiger partial charge on any atom is -0.497 e. The number of piperazine rings is 1. The van der Waals surface area contributed by atoms with Crippen LogP contribution in [-0.4, -0.2) is 52.7 Å². The molecule has 1 saturated heterocycles. The Bertz CT molecular complexity index is 753. The van der Waals surface area contributed by atoms with Crippen LogP contribution in [0.5, 0.6) is 5.75 Å². The molecule has 0 N–H and O–H groups in total. The number of benzene rings is 1. The molecule has 1 aromatic carbocycles. The summed E-state index contributed by atoms with van der Waals surface area (Å²) in [6, 6.07) is 8.89. The standard InChI is InChI=1S/C17H20N4O3/c1-12-10-21(13-4-6-14(24-3)7-5-13)16(22)11-20(12)17(23)15-8-9-19(2)18-15/h4-9,12H,10-11H2,1-3H3/t12-/m0/s1. The summed E-state index contributed by atoms with van der Waals surface area (Å²) in [7, 11) is 3.36. The zero-order valence-corrected chi connectivity index (χ0v) is 14.0. The molecule has 0 radical (unpaired) electrons. The molecule has 24 heavy (non-hydrogen) atoms. The minimum atomic E-state index is -0.217. The van der Waals surface area contributed by atoms with Crippen LogP contribution in [0.3, 0.4) is 0 Å². The van der Waals surface area contributed by atoms with E-state index in [4.69, 9.17) is 4.74 Å². The molecule has 7 nitrogen and oxygen atoms in total. The van der Waals surface area contributed by atoms with E-state index in [1.807, 2.05) is 31.2 Å². The van der Waals surface area contributed by atoms with Crippen molar-refractivity contribution in [1.82, 2.24) is 14.7 Å². The molecule has 1 fully saturated rings. The van der Waals surface area contributed by atoms with Crippen molar-refractivity contribution in [1.29, 1.82) is 0 Å². The third kappa shape index (κ3) is 2.97. The van der Waals surface area contributed by atoms with Gasteiger partial charge in [-0.2, -0.15) is 5.10 Å². The molecule has 7 heteroatoms. The van der Waals surface area contributed by atoms with Gasteiger partial charge in [0, 0.05) is 31.5 Å². The number of ether oxygens (including phenoxy) is 1. The summed E-state index contributed by atoms with van der Waals surface area (Å²) in [5.74, 6) is 0.414. The van der Waals surface area contributed by atoms with Crippen LogP contribution in [0.2, 0.25) is 0 Å². The number of carbonyl (C=O) groups is 2. The highest BCUT2D eigenvalue weighted by Gasteiger charge is 2.34. The number of amides is 2. The third-order valence-electron chi connectivity index (χ3n) is 4.16. The van der Waals surface area contributed by atoms with Gasteiger partial charge in [0.2, 0.25) is 5.91 Å². The average Bonchev–Trinajstić information content (AvgIpc) is 3.02. The molecule has 3 rings (SSSR count). The van der Waals surface area contributed by atoms with Crippen molar-refractivity contribution < 1.29 is 14.3 Å². The van der Waals surface area contributed by atoms with Crippen LogP contribution in [0.1, 0.15) is 17.4 Å². The number of hydrogen-bond donors (Lipinski definition) is 0. The Hall–Kier alpha value is -2.83. The Kier molecular flexibility index (Phi) is 4.24. The largest absolute Gasteiger partial charge is 0.497 e. The van der Waals surface area contributed by atoms with E-state index in [2.05, 4.69) is 5.10 Å². The molecule has 0 unspecified atom stereocenters. The van der Waals surface area contributed by atoms with Gasteiger partial charge in [0.15, 0.2) is 0 Å². The number of aryl methyl sites for hydroxylation is 1. The van der Waals surface area contributed by atoms with Crippen LogP contribution in [-0.2, 0) is 11.8 Å². The van der Waals surface area contributed by atoms with Gasteiger partial charge in [-0.3, -0.25) is 14.3 Å². The Balaban J connectivity index is 1.76. The summed E-state index contributed by atoms with van der Waals surface area (Å²) in [6.07, 6.45) is 1.72. The number of nitrogens with zero attached hydrogens (tertiary/aromatic N) is 4. The molecular weight excluding hydrogens is 308 g/mol. The molecule has 0 bridgehead atoms. The van der Waals surface area contributed by atoms with Crippen molar-refractivity contribution in [3.05, 3.63) is 42.2 Å². The highest BCUT2D eigenvalue weighted by atomic mass is 16.5. The summed E-state index contributed by atoms with van der Waals surface area (Å²) >= 11 is 0. The topological polar surface area (TPSA) is 67.7 Å². The first kappa shape index (κ1) is 16.0. The van der Waals surface area contributed by atoms with Gasteiger partial charge in [-0.05, 0) is 37.3 Å². The Labute approximate surface area is 140 Å².